The molecule has 0 N–H and O–H groups in total. The summed E-state index contributed by atoms with van der Waals surface area (Å²) in [5.41, 5.74) is 2.37. The third-order valence-electron chi connectivity index (χ3n) is 4.28. The van der Waals surface area contributed by atoms with Gasteiger partial charge in [0, 0.05) is 26.2 Å². The second kappa shape index (κ2) is 8.78. The molecule has 1 fully saturated rings. The molecule has 2 aromatic rings. The van der Waals surface area contributed by atoms with E-state index >= 15 is 0 Å². The van der Waals surface area contributed by atoms with E-state index < -0.39 is 0 Å². The molecule has 134 valence electrons. The molecule has 0 radical (unpaired) electrons. The molecule has 0 saturated carbocycles. The summed E-state index contributed by atoms with van der Waals surface area (Å²) in [6, 6.07) is 11.8. The summed E-state index contributed by atoms with van der Waals surface area (Å²) in [5, 5.41) is 4.49. The van der Waals surface area contributed by atoms with E-state index in [4.69, 9.17) is 9.47 Å². The number of morpholine rings is 1. The number of nitrogens with zero attached hydrogens (tertiary/aromatic N) is 3. The van der Waals surface area contributed by atoms with Crippen LogP contribution in [-0.2, 0) is 16.0 Å². The van der Waals surface area contributed by atoms with Gasteiger partial charge in [-0.3, -0.25) is 9.58 Å². The molecule has 0 unspecified atom stereocenters. The van der Waals surface area contributed by atoms with E-state index in [9.17, 15) is 4.79 Å². The zero-order chi connectivity index (χ0) is 17.5. The average Bonchev–Trinajstić information content (AvgIpc) is 3.08. The zero-order valence-corrected chi connectivity index (χ0v) is 14.7. The standard InChI is InChI=1S/C19H25N3O3/c1-2-25-19(23)17-15-18(16-7-4-3-5-8-16)22(20-17)10-6-9-21-11-13-24-14-12-21/h3-5,7-8,15H,2,6,9-14H2,1H3. The van der Waals surface area contributed by atoms with Gasteiger partial charge in [-0.2, -0.15) is 5.10 Å². The topological polar surface area (TPSA) is 56.6 Å². The van der Waals surface area contributed by atoms with E-state index in [1.165, 1.54) is 0 Å². The Morgan fingerprint density at radius 1 is 1.20 bits per heavy atom. The zero-order valence-electron chi connectivity index (χ0n) is 14.7. The van der Waals surface area contributed by atoms with Gasteiger partial charge in [-0.1, -0.05) is 30.3 Å². The van der Waals surface area contributed by atoms with E-state index in [0.717, 1.165) is 57.1 Å². The summed E-state index contributed by atoms with van der Waals surface area (Å²) in [6.45, 7) is 7.51. The van der Waals surface area contributed by atoms with Crippen LogP contribution in [0.2, 0.25) is 0 Å². The molecule has 3 rings (SSSR count). The van der Waals surface area contributed by atoms with Crippen LogP contribution in [0.4, 0.5) is 0 Å². The summed E-state index contributed by atoms with van der Waals surface area (Å²) in [5.74, 6) is -0.369. The Morgan fingerprint density at radius 3 is 2.68 bits per heavy atom. The molecule has 0 amide bonds. The number of aryl methyl sites for hydroxylation is 1. The van der Waals surface area contributed by atoms with Gasteiger partial charge in [-0.25, -0.2) is 4.79 Å². The maximum atomic E-state index is 12.0. The first-order chi connectivity index (χ1) is 12.3. The van der Waals surface area contributed by atoms with E-state index in [1.54, 1.807) is 6.92 Å². The predicted octanol–water partition coefficient (Wildman–Crippen LogP) is 2.45. The molecule has 0 atom stereocenters. The van der Waals surface area contributed by atoms with E-state index in [1.807, 2.05) is 41.1 Å². The molecule has 1 saturated heterocycles. The second-order valence-electron chi connectivity index (χ2n) is 6.03. The molecule has 1 aliphatic heterocycles. The van der Waals surface area contributed by atoms with Crippen molar-refractivity contribution in [3.63, 3.8) is 0 Å². The molecule has 25 heavy (non-hydrogen) atoms. The minimum absolute atomic E-state index is 0.351. The number of rotatable bonds is 7. The Kier molecular flexibility index (Phi) is 6.19. The van der Waals surface area contributed by atoms with Gasteiger partial charge in [0.25, 0.3) is 0 Å². The van der Waals surface area contributed by atoms with Crippen molar-refractivity contribution in [1.29, 1.82) is 0 Å². The second-order valence-corrected chi connectivity index (χ2v) is 6.03. The van der Waals surface area contributed by atoms with Crippen molar-refractivity contribution in [2.45, 2.75) is 19.9 Å². The molecule has 0 aliphatic carbocycles. The van der Waals surface area contributed by atoms with Crippen molar-refractivity contribution < 1.29 is 14.3 Å². The van der Waals surface area contributed by atoms with Crippen LogP contribution in [0, 0.1) is 0 Å². The van der Waals surface area contributed by atoms with Crippen LogP contribution in [0.5, 0.6) is 0 Å². The van der Waals surface area contributed by atoms with Gasteiger partial charge in [-0.05, 0) is 25.0 Å². The maximum Gasteiger partial charge on any atom is 0.358 e. The number of hydrogen-bond donors (Lipinski definition) is 0. The summed E-state index contributed by atoms with van der Waals surface area (Å²) >= 11 is 0. The summed E-state index contributed by atoms with van der Waals surface area (Å²) in [7, 11) is 0. The Bertz CT molecular complexity index is 678. The predicted molar refractivity (Wildman–Crippen MR) is 95.5 cm³/mol. The fraction of sp³-hybridized carbons (Fsp3) is 0.474. The van der Waals surface area contributed by atoms with Crippen LogP contribution in [0.15, 0.2) is 36.4 Å². The van der Waals surface area contributed by atoms with Crippen molar-refractivity contribution >= 4 is 5.97 Å². The van der Waals surface area contributed by atoms with Crippen molar-refractivity contribution in [1.82, 2.24) is 14.7 Å². The molecule has 0 bridgehead atoms. The molecule has 1 aromatic heterocycles. The van der Waals surface area contributed by atoms with Gasteiger partial charge in [-0.15, -0.1) is 0 Å². The molecule has 1 aromatic carbocycles. The van der Waals surface area contributed by atoms with Gasteiger partial charge >= 0.3 is 5.97 Å². The van der Waals surface area contributed by atoms with E-state index in [0.29, 0.717) is 12.3 Å². The average molecular weight is 343 g/mol. The molecular weight excluding hydrogens is 318 g/mol. The SMILES string of the molecule is CCOC(=O)c1cc(-c2ccccc2)n(CCCN2CCOCC2)n1. The number of benzene rings is 1. The van der Waals surface area contributed by atoms with E-state index in [-0.39, 0.29) is 5.97 Å². The molecule has 6 heteroatoms. The van der Waals surface area contributed by atoms with Crippen molar-refractivity contribution in [2.24, 2.45) is 0 Å². The number of ether oxygens (including phenoxy) is 2. The van der Waals surface area contributed by atoms with Gasteiger partial charge in [0.2, 0.25) is 0 Å². The number of aromatic nitrogens is 2. The fourth-order valence-corrected chi connectivity index (χ4v) is 3.00. The molecular formula is C19H25N3O3. The highest BCUT2D eigenvalue weighted by Gasteiger charge is 2.17. The highest BCUT2D eigenvalue weighted by molar-refractivity contribution is 5.88. The Balaban J connectivity index is 1.72. The summed E-state index contributed by atoms with van der Waals surface area (Å²) in [6.07, 6.45) is 0.976. The minimum atomic E-state index is -0.369. The Hall–Kier alpha value is -2.18. The smallest absolute Gasteiger partial charge is 0.358 e. The lowest BCUT2D eigenvalue weighted by Gasteiger charge is -2.26. The molecule has 2 heterocycles. The first kappa shape index (κ1) is 17.6. The fourth-order valence-electron chi connectivity index (χ4n) is 3.00. The first-order valence-corrected chi connectivity index (χ1v) is 8.88. The summed E-state index contributed by atoms with van der Waals surface area (Å²) < 4.78 is 12.4. The molecule has 1 aliphatic rings. The van der Waals surface area contributed by atoms with Crippen molar-refractivity contribution in [3.05, 3.63) is 42.1 Å². The van der Waals surface area contributed by atoms with Crippen LogP contribution < -0.4 is 0 Å². The Morgan fingerprint density at radius 2 is 1.96 bits per heavy atom. The van der Waals surface area contributed by atoms with Crippen molar-refractivity contribution in [2.75, 3.05) is 39.5 Å². The lowest BCUT2D eigenvalue weighted by atomic mass is 10.1. The number of carbonyl (C=O) groups excluding carboxylic acids is 1. The number of esters is 1. The van der Waals surface area contributed by atoms with Crippen LogP contribution in [-0.4, -0.2) is 60.1 Å². The van der Waals surface area contributed by atoms with Crippen LogP contribution >= 0.6 is 0 Å². The summed E-state index contributed by atoms with van der Waals surface area (Å²) in [4.78, 5) is 14.4. The highest BCUT2D eigenvalue weighted by Crippen LogP contribution is 2.21. The van der Waals surface area contributed by atoms with Gasteiger partial charge < -0.3 is 9.47 Å². The largest absolute Gasteiger partial charge is 0.461 e. The van der Waals surface area contributed by atoms with Crippen molar-refractivity contribution in [3.8, 4) is 11.3 Å². The third-order valence-corrected chi connectivity index (χ3v) is 4.28. The minimum Gasteiger partial charge on any atom is -0.461 e. The lowest BCUT2D eigenvalue weighted by molar-refractivity contribution is 0.0368. The van der Waals surface area contributed by atoms with E-state index in [2.05, 4.69) is 10.00 Å². The monoisotopic (exact) mass is 343 g/mol. The molecule has 6 nitrogen and oxygen atoms in total. The first-order valence-electron chi connectivity index (χ1n) is 8.88. The maximum absolute atomic E-state index is 12.0. The number of carbonyl (C=O) groups is 1. The quantitative estimate of drug-likeness (QED) is 0.723. The normalized spacial score (nSPS) is 15.2. The van der Waals surface area contributed by atoms with Gasteiger partial charge in [0.15, 0.2) is 5.69 Å². The highest BCUT2D eigenvalue weighted by atomic mass is 16.5. The third kappa shape index (κ3) is 4.67. The van der Waals surface area contributed by atoms with Crippen LogP contribution in [0.25, 0.3) is 11.3 Å². The van der Waals surface area contributed by atoms with Crippen LogP contribution in [0.1, 0.15) is 23.8 Å². The molecule has 0 spiro atoms. The Labute approximate surface area is 148 Å². The number of hydrogen-bond acceptors (Lipinski definition) is 5. The van der Waals surface area contributed by atoms with Crippen LogP contribution in [0.3, 0.4) is 0 Å². The van der Waals surface area contributed by atoms with Gasteiger partial charge in [0.05, 0.1) is 25.5 Å². The van der Waals surface area contributed by atoms with Gasteiger partial charge in [0.1, 0.15) is 0 Å². The lowest BCUT2D eigenvalue weighted by Crippen LogP contribution is -2.37.